The summed E-state index contributed by atoms with van der Waals surface area (Å²) < 4.78 is 7.25. The van der Waals surface area contributed by atoms with Crippen LogP contribution in [0.25, 0.3) is 16.9 Å². The third-order valence-corrected chi connectivity index (χ3v) is 4.18. The van der Waals surface area contributed by atoms with Gasteiger partial charge in [0.1, 0.15) is 18.4 Å². The summed E-state index contributed by atoms with van der Waals surface area (Å²) in [5.74, 6) is 0.450. The van der Waals surface area contributed by atoms with Gasteiger partial charge in [-0.05, 0) is 36.2 Å². The first-order valence-electron chi connectivity index (χ1n) is 8.36. The number of nitro groups is 1. The fourth-order valence-electron chi connectivity index (χ4n) is 2.80. The molecule has 0 saturated heterocycles. The zero-order valence-electron chi connectivity index (χ0n) is 14.4. The topological polar surface area (TPSA) is 96.0 Å². The van der Waals surface area contributed by atoms with Gasteiger partial charge in [0.2, 0.25) is 5.82 Å². The molecule has 0 N–H and O–H groups in total. The highest BCUT2D eigenvalue weighted by Gasteiger charge is 2.27. The van der Waals surface area contributed by atoms with Crippen molar-refractivity contribution < 1.29 is 9.66 Å². The molecule has 0 saturated carbocycles. The van der Waals surface area contributed by atoms with Crippen molar-refractivity contribution in [3.05, 3.63) is 76.9 Å². The molecule has 0 amide bonds. The van der Waals surface area contributed by atoms with Crippen LogP contribution in [-0.4, -0.2) is 24.4 Å². The Balaban J connectivity index is 1.81. The van der Waals surface area contributed by atoms with Crippen LogP contribution >= 0.6 is 0 Å². The molecule has 4 rings (SSSR count). The van der Waals surface area contributed by atoms with Gasteiger partial charge < -0.3 is 4.74 Å². The van der Waals surface area contributed by atoms with E-state index in [9.17, 15) is 10.1 Å². The first-order chi connectivity index (χ1) is 13.2. The maximum Gasteiger partial charge on any atom is 0.374 e. The van der Waals surface area contributed by atoms with Gasteiger partial charge in [-0.25, -0.2) is 9.97 Å². The highest BCUT2D eigenvalue weighted by Crippen LogP contribution is 2.34. The molecule has 134 valence electrons. The van der Waals surface area contributed by atoms with Crippen LogP contribution in [0.15, 0.2) is 61.2 Å². The normalized spacial score (nSPS) is 10.9. The largest absolute Gasteiger partial charge is 0.434 e. The highest BCUT2D eigenvalue weighted by atomic mass is 16.6. The second-order valence-corrected chi connectivity index (χ2v) is 5.81. The van der Waals surface area contributed by atoms with E-state index >= 15 is 0 Å². The Hall–Kier alpha value is -3.81. The number of fused-ring (bicyclic) bond motifs is 1. The quantitative estimate of drug-likeness (QED) is 0.392. The SMILES string of the molecule is CCc1ccc(Oc2ncnc(-n3cnc4ccccc43)c2[N+](=O)[O-])cc1. The molecule has 2 aromatic heterocycles. The maximum absolute atomic E-state index is 11.8. The molecule has 0 aliphatic heterocycles. The van der Waals surface area contributed by atoms with Crippen molar-refractivity contribution in [1.29, 1.82) is 0 Å². The Bertz CT molecular complexity index is 1120. The Morgan fingerprint density at radius 1 is 1.07 bits per heavy atom. The van der Waals surface area contributed by atoms with E-state index in [1.165, 1.54) is 12.7 Å². The number of hydrogen-bond donors (Lipinski definition) is 0. The van der Waals surface area contributed by atoms with Gasteiger partial charge in [-0.2, -0.15) is 4.98 Å². The number of hydrogen-bond acceptors (Lipinski definition) is 6. The molecule has 27 heavy (non-hydrogen) atoms. The number of rotatable bonds is 5. The van der Waals surface area contributed by atoms with Crippen LogP contribution < -0.4 is 4.74 Å². The molecule has 2 heterocycles. The van der Waals surface area contributed by atoms with Crippen LogP contribution in [0.5, 0.6) is 11.6 Å². The molecule has 0 atom stereocenters. The minimum Gasteiger partial charge on any atom is -0.434 e. The van der Waals surface area contributed by atoms with Crippen molar-refractivity contribution in [3.8, 4) is 17.4 Å². The average Bonchev–Trinajstić information content (AvgIpc) is 3.12. The number of imidazole rings is 1. The minimum absolute atomic E-state index is 0.101. The molecule has 4 aromatic rings. The van der Waals surface area contributed by atoms with Crippen molar-refractivity contribution in [1.82, 2.24) is 19.5 Å². The van der Waals surface area contributed by atoms with Crippen LogP contribution in [0.2, 0.25) is 0 Å². The van der Waals surface area contributed by atoms with Crippen LogP contribution in [0.4, 0.5) is 5.69 Å². The van der Waals surface area contributed by atoms with Gasteiger partial charge in [0.25, 0.3) is 0 Å². The Morgan fingerprint density at radius 3 is 2.59 bits per heavy atom. The molecule has 0 unspecified atom stereocenters. The predicted molar refractivity (Wildman–Crippen MR) is 99.2 cm³/mol. The van der Waals surface area contributed by atoms with Gasteiger partial charge in [0, 0.05) is 0 Å². The summed E-state index contributed by atoms with van der Waals surface area (Å²) in [6.45, 7) is 2.05. The molecule has 8 nitrogen and oxygen atoms in total. The van der Waals surface area contributed by atoms with E-state index in [2.05, 4.69) is 15.0 Å². The number of nitrogens with zero attached hydrogens (tertiary/aromatic N) is 5. The standard InChI is InChI=1S/C19H15N5O3/c1-2-13-7-9-14(10-8-13)27-19-17(24(25)26)18(20-11-21-19)23-12-22-15-5-3-4-6-16(15)23/h3-12H,2H2,1H3. The van der Waals surface area contributed by atoms with Crippen LogP contribution in [-0.2, 0) is 6.42 Å². The van der Waals surface area contributed by atoms with Crippen LogP contribution in [0.1, 0.15) is 12.5 Å². The fraction of sp³-hybridized carbons (Fsp3) is 0.105. The first-order valence-corrected chi connectivity index (χ1v) is 8.36. The summed E-state index contributed by atoms with van der Waals surface area (Å²) >= 11 is 0. The van der Waals surface area contributed by atoms with Gasteiger partial charge in [-0.15, -0.1) is 0 Å². The van der Waals surface area contributed by atoms with E-state index in [1.54, 1.807) is 16.7 Å². The second-order valence-electron chi connectivity index (χ2n) is 5.81. The summed E-state index contributed by atoms with van der Waals surface area (Å²) in [6.07, 6.45) is 3.64. The van der Waals surface area contributed by atoms with Crippen LogP contribution in [0, 0.1) is 10.1 Å². The summed E-state index contributed by atoms with van der Waals surface area (Å²) in [5, 5.41) is 11.8. The molecule has 0 bridgehead atoms. The van der Waals surface area contributed by atoms with Crippen molar-refractivity contribution in [3.63, 3.8) is 0 Å². The summed E-state index contributed by atoms with van der Waals surface area (Å²) in [4.78, 5) is 23.6. The number of aryl methyl sites for hydroxylation is 1. The zero-order valence-corrected chi connectivity index (χ0v) is 14.4. The molecule has 0 aliphatic carbocycles. The van der Waals surface area contributed by atoms with Gasteiger partial charge in [0.05, 0.1) is 16.0 Å². The highest BCUT2D eigenvalue weighted by molar-refractivity contribution is 5.78. The first kappa shape index (κ1) is 16.6. The molecule has 0 fully saturated rings. The Kier molecular flexibility index (Phi) is 4.21. The van der Waals surface area contributed by atoms with E-state index in [1.807, 2.05) is 43.3 Å². The van der Waals surface area contributed by atoms with Crippen molar-refractivity contribution in [2.75, 3.05) is 0 Å². The van der Waals surface area contributed by atoms with Gasteiger partial charge in [-0.1, -0.05) is 31.2 Å². The van der Waals surface area contributed by atoms with Crippen molar-refractivity contribution in [2.24, 2.45) is 0 Å². The molecular formula is C19H15N5O3. The Morgan fingerprint density at radius 2 is 1.85 bits per heavy atom. The molecule has 0 spiro atoms. The summed E-state index contributed by atoms with van der Waals surface area (Å²) in [6, 6.07) is 14.7. The lowest BCUT2D eigenvalue weighted by Crippen LogP contribution is -2.05. The Labute approximate surface area is 154 Å². The number of benzene rings is 2. The minimum atomic E-state index is -0.542. The zero-order chi connectivity index (χ0) is 18.8. The lowest BCUT2D eigenvalue weighted by molar-refractivity contribution is -0.386. The molecule has 0 aliphatic rings. The smallest absolute Gasteiger partial charge is 0.374 e. The van der Waals surface area contributed by atoms with Crippen LogP contribution in [0.3, 0.4) is 0 Å². The molecule has 8 heteroatoms. The lowest BCUT2D eigenvalue weighted by atomic mass is 10.2. The molecular weight excluding hydrogens is 346 g/mol. The molecule has 0 radical (unpaired) electrons. The summed E-state index contributed by atoms with van der Waals surface area (Å²) in [5.41, 5.74) is 2.24. The van der Waals surface area contributed by atoms with Gasteiger partial charge >= 0.3 is 11.6 Å². The van der Waals surface area contributed by atoms with E-state index < -0.39 is 4.92 Å². The van der Waals surface area contributed by atoms with Crippen molar-refractivity contribution in [2.45, 2.75) is 13.3 Å². The van der Waals surface area contributed by atoms with E-state index in [4.69, 9.17) is 4.74 Å². The van der Waals surface area contributed by atoms with Crippen molar-refractivity contribution >= 4 is 16.7 Å². The third kappa shape index (κ3) is 3.08. The third-order valence-electron chi connectivity index (χ3n) is 4.18. The van der Waals surface area contributed by atoms with E-state index in [-0.39, 0.29) is 17.4 Å². The van der Waals surface area contributed by atoms with E-state index in [0.29, 0.717) is 16.8 Å². The average molecular weight is 361 g/mol. The lowest BCUT2D eigenvalue weighted by Gasteiger charge is -2.09. The van der Waals surface area contributed by atoms with Gasteiger partial charge in [-0.3, -0.25) is 14.7 Å². The number of aromatic nitrogens is 4. The predicted octanol–water partition coefficient (Wildman–Crippen LogP) is 4.08. The molecule has 2 aromatic carbocycles. The van der Waals surface area contributed by atoms with Gasteiger partial charge in [0.15, 0.2) is 0 Å². The fourth-order valence-corrected chi connectivity index (χ4v) is 2.80. The van der Waals surface area contributed by atoms with E-state index in [0.717, 1.165) is 12.0 Å². The number of para-hydroxylation sites is 2. The monoisotopic (exact) mass is 361 g/mol. The summed E-state index contributed by atoms with van der Waals surface area (Å²) in [7, 11) is 0. The number of ether oxygens (including phenoxy) is 1. The maximum atomic E-state index is 11.8. The second kappa shape index (κ2) is 6.83.